The number of carbonyl (C=O) groups excluding carboxylic acids is 2. The van der Waals surface area contributed by atoms with Gasteiger partial charge in [0.05, 0.1) is 12.0 Å². The quantitative estimate of drug-likeness (QED) is 0.753. The summed E-state index contributed by atoms with van der Waals surface area (Å²) in [6.45, 7) is 0.00499. The first kappa shape index (κ1) is 14.8. The number of hydrogen-bond donors (Lipinski definition) is 2. The summed E-state index contributed by atoms with van der Waals surface area (Å²) in [7, 11) is 1.55. The number of likely N-dealkylation sites (N-methyl/N-ethyl adjacent to an activating group) is 1. The van der Waals surface area contributed by atoms with Crippen LogP contribution in [0.1, 0.15) is 44.9 Å². The maximum Gasteiger partial charge on any atom is 0.310 e. The Morgan fingerprint density at radius 2 is 1.85 bits per heavy atom. The minimum atomic E-state index is -0.918. The Bertz CT molecular complexity index is 411. The predicted molar refractivity (Wildman–Crippen MR) is 72.0 cm³/mol. The van der Waals surface area contributed by atoms with Crippen molar-refractivity contribution in [2.45, 2.75) is 51.0 Å². The second-order valence-corrected chi connectivity index (χ2v) is 6.06. The van der Waals surface area contributed by atoms with E-state index in [0.717, 1.165) is 25.7 Å². The van der Waals surface area contributed by atoms with E-state index in [1.165, 1.54) is 4.90 Å². The minimum absolute atomic E-state index is 0.00442. The van der Waals surface area contributed by atoms with Gasteiger partial charge >= 0.3 is 5.97 Å². The summed E-state index contributed by atoms with van der Waals surface area (Å²) >= 11 is 0. The largest absolute Gasteiger partial charge is 0.481 e. The molecule has 0 spiro atoms. The Balaban J connectivity index is 1.85. The average molecular weight is 282 g/mol. The highest BCUT2D eigenvalue weighted by atomic mass is 16.4. The number of hydrogen-bond acceptors (Lipinski definition) is 3. The molecule has 0 heterocycles. The fourth-order valence-electron chi connectivity index (χ4n) is 2.75. The van der Waals surface area contributed by atoms with E-state index in [2.05, 4.69) is 5.32 Å². The lowest BCUT2D eigenvalue weighted by Crippen LogP contribution is -2.42. The molecule has 2 saturated carbocycles. The second kappa shape index (κ2) is 5.81. The van der Waals surface area contributed by atoms with Crippen molar-refractivity contribution in [2.75, 3.05) is 13.6 Å². The van der Waals surface area contributed by atoms with E-state index in [0.29, 0.717) is 12.8 Å². The van der Waals surface area contributed by atoms with E-state index in [4.69, 9.17) is 0 Å². The van der Waals surface area contributed by atoms with E-state index >= 15 is 0 Å². The molecule has 0 unspecified atom stereocenters. The molecule has 20 heavy (non-hydrogen) atoms. The Labute approximate surface area is 118 Å². The standard InChI is InChI=1S/C14H22N2O4/c1-16(9-11(17)15-10-4-5-10)12(18)8-14(13(19)20)6-2-3-7-14/h10H,2-9H2,1H3,(H,15,17)(H,19,20). The molecule has 0 aromatic rings. The number of amides is 2. The van der Waals surface area contributed by atoms with Crippen LogP contribution in [0.5, 0.6) is 0 Å². The van der Waals surface area contributed by atoms with Crippen LogP contribution < -0.4 is 5.32 Å². The number of carboxylic acids is 1. The van der Waals surface area contributed by atoms with E-state index in [1.54, 1.807) is 7.05 Å². The lowest BCUT2D eigenvalue weighted by atomic mass is 9.82. The predicted octanol–water partition coefficient (Wildman–Crippen LogP) is 0.758. The molecule has 0 bridgehead atoms. The van der Waals surface area contributed by atoms with Gasteiger partial charge in [-0.15, -0.1) is 0 Å². The topological polar surface area (TPSA) is 86.7 Å². The van der Waals surface area contributed by atoms with Crippen LogP contribution in [0.4, 0.5) is 0 Å². The summed E-state index contributed by atoms with van der Waals surface area (Å²) in [6, 6.07) is 0.270. The Morgan fingerprint density at radius 3 is 2.35 bits per heavy atom. The maximum atomic E-state index is 12.1. The van der Waals surface area contributed by atoms with E-state index < -0.39 is 11.4 Å². The molecule has 6 heteroatoms. The third-order valence-corrected chi connectivity index (χ3v) is 4.25. The third-order valence-electron chi connectivity index (χ3n) is 4.25. The number of rotatable bonds is 6. The Kier molecular flexibility index (Phi) is 4.30. The summed E-state index contributed by atoms with van der Waals surface area (Å²) in [4.78, 5) is 36.5. The van der Waals surface area contributed by atoms with Gasteiger partial charge in [-0.1, -0.05) is 12.8 Å². The van der Waals surface area contributed by atoms with Gasteiger partial charge in [0.15, 0.2) is 0 Å². The van der Waals surface area contributed by atoms with Crippen molar-refractivity contribution in [3.05, 3.63) is 0 Å². The molecule has 0 aromatic heterocycles. The molecule has 0 aliphatic heterocycles. The SMILES string of the molecule is CN(CC(=O)NC1CC1)C(=O)CC1(C(=O)O)CCCC1. The van der Waals surface area contributed by atoms with Gasteiger partial charge in [-0.3, -0.25) is 14.4 Å². The molecule has 2 aliphatic rings. The fraction of sp³-hybridized carbons (Fsp3) is 0.786. The number of carbonyl (C=O) groups is 3. The molecule has 2 rings (SSSR count). The van der Waals surface area contributed by atoms with Crippen molar-refractivity contribution < 1.29 is 19.5 Å². The number of nitrogens with zero attached hydrogens (tertiary/aromatic N) is 1. The van der Waals surface area contributed by atoms with Crippen LogP contribution in [0.25, 0.3) is 0 Å². The summed E-state index contributed by atoms with van der Waals surface area (Å²) in [5, 5.41) is 12.2. The maximum absolute atomic E-state index is 12.1. The van der Waals surface area contributed by atoms with Crippen LogP contribution in [0, 0.1) is 5.41 Å². The molecule has 2 N–H and O–H groups in total. The first-order valence-electron chi connectivity index (χ1n) is 7.20. The number of nitrogens with one attached hydrogen (secondary N) is 1. The minimum Gasteiger partial charge on any atom is -0.481 e. The van der Waals surface area contributed by atoms with Gasteiger partial charge in [-0.05, 0) is 25.7 Å². The van der Waals surface area contributed by atoms with E-state index in [1.807, 2.05) is 0 Å². The van der Waals surface area contributed by atoms with Crippen molar-refractivity contribution in [3.8, 4) is 0 Å². The summed E-state index contributed by atoms with van der Waals surface area (Å²) in [5.74, 6) is -1.32. The average Bonchev–Trinajstić information content (AvgIpc) is 3.04. The van der Waals surface area contributed by atoms with Crippen LogP contribution in [0.3, 0.4) is 0 Å². The van der Waals surface area contributed by atoms with Gasteiger partial charge in [0.2, 0.25) is 11.8 Å². The monoisotopic (exact) mass is 282 g/mol. The van der Waals surface area contributed by atoms with Crippen LogP contribution >= 0.6 is 0 Å². The fourth-order valence-corrected chi connectivity index (χ4v) is 2.75. The summed E-state index contributed by atoms with van der Waals surface area (Å²) in [5.41, 5.74) is -0.918. The molecular weight excluding hydrogens is 260 g/mol. The molecule has 2 aliphatic carbocycles. The number of aliphatic carboxylic acids is 1. The highest BCUT2D eigenvalue weighted by Crippen LogP contribution is 2.41. The van der Waals surface area contributed by atoms with Crippen molar-refractivity contribution >= 4 is 17.8 Å². The molecule has 2 amide bonds. The molecule has 0 aromatic carbocycles. The lowest BCUT2D eigenvalue weighted by molar-refractivity contribution is -0.153. The highest BCUT2D eigenvalue weighted by Gasteiger charge is 2.43. The first-order valence-corrected chi connectivity index (χ1v) is 7.20. The highest BCUT2D eigenvalue weighted by molar-refractivity contribution is 5.88. The summed E-state index contributed by atoms with van der Waals surface area (Å²) in [6.07, 6.45) is 4.82. The molecule has 0 saturated heterocycles. The van der Waals surface area contributed by atoms with Gasteiger partial charge in [0.1, 0.15) is 0 Å². The summed E-state index contributed by atoms with van der Waals surface area (Å²) < 4.78 is 0. The van der Waals surface area contributed by atoms with E-state index in [-0.39, 0.29) is 30.8 Å². The first-order chi connectivity index (χ1) is 9.43. The van der Waals surface area contributed by atoms with Crippen LogP contribution in [-0.2, 0) is 14.4 Å². The zero-order valence-corrected chi connectivity index (χ0v) is 11.9. The van der Waals surface area contributed by atoms with Gasteiger partial charge < -0.3 is 15.3 Å². The van der Waals surface area contributed by atoms with Gasteiger partial charge in [-0.25, -0.2) is 0 Å². The normalized spacial score (nSPS) is 20.4. The van der Waals surface area contributed by atoms with Crippen molar-refractivity contribution in [3.63, 3.8) is 0 Å². The molecule has 2 fully saturated rings. The van der Waals surface area contributed by atoms with Crippen LogP contribution in [0.15, 0.2) is 0 Å². The smallest absolute Gasteiger partial charge is 0.310 e. The second-order valence-electron chi connectivity index (χ2n) is 6.06. The molecule has 0 atom stereocenters. The molecular formula is C14H22N2O4. The Morgan fingerprint density at radius 1 is 1.25 bits per heavy atom. The van der Waals surface area contributed by atoms with Crippen molar-refractivity contribution in [1.82, 2.24) is 10.2 Å². The zero-order chi connectivity index (χ0) is 14.8. The molecule has 0 radical (unpaired) electrons. The Hall–Kier alpha value is -1.59. The molecule has 6 nitrogen and oxygen atoms in total. The van der Waals surface area contributed by atoms with Crippen molar-refractivity contribution in [2.24, 2.45) is 5.41 Å². The third kappa shape index (κ3) is 3.49. The number of carboxylic acid groups (broad SMARTS) is 1. The van der Waals surface area contributed by atoms with E-state index in [9.17, 15) is 19.5 Å². The van der Waals surface area contributed by atoms with Gasteiger partial charge in [0, 0.05) is 19.5 Å². The van der Waals surface area contributed by atoms with Crippen molar-refractivity contribution in [1.29, 1.82) is 0 Å². The molecule has 112 valence electrons. The van der Waals surface area contributed by atoms with Gasteiger partial charge in [-0.2, -0.15) is 0 Å². The zero-order valence-electron chi connectivity index (χ0n) is 11.9. The van der Waals surface area contributed by atoms with Gasteiger partial charge in [0.25, 0.3) is 0 Å². The lowest BCUT2D eigenvalue weighted by Gasteiger charge is -2.26. The van der Waals surface area contributed by atoms with Crippen LogP contribution in [-0.4, -0.2) is 47.4 Å². The van der Waals surface area contributed by atoms with Crippen LogP contribution in [0.2, 0.25) is 0 Å².